The molecule has 0 radical (unpaired) electrons. The second-order valence-corrected chi connectivity index (χ2v) is 6.46. The minimum atomic E-state index is -0.892. The normalized spacial score (nSPS) is 13.5. The van der Waals surface area contributed by atoms with Crippen LogP contribution in [0.5, 0.6) is 0 Å². The van der Waals surface area contributed by atoms with Gasteiger partial charge in [0.15, 0.2) is 0 Å². The van der Waals surface area contributed by atoms with Crippen molar-refractivity contribution in [1.29, 1.82) is 0 Å². The molecule has 2 N–H and O–H groups in total. The van der Waals surface area contributed by atoms with Crippen LogP contribution in [0.15, 0.2) is 24.3 Å². The van der Waals surface area contributed by atoms with Gasteiger partial charge < -0.3 is 10.4 Å². The highest BCUT2D eigenvalue weighted by molar-refractivity contribution is 7.99. The molecule has 1 unspecified atom stereocenters. The molecule has 4 nitrogen and oxygen atoms in total. The van der Waals surface area contributed by atoms with Gasteiger partial charge in [0, 0.05) is 12.3 Å². The molecule has 0 aliphatic heterocycles. The van der Waals surface area contributed by atoms with Crippen molar-refractivity contribution < 1.29 is 14.7 Å². The minimum Gasteiger partial charge on any atom is -0.481 e. The van der Waals surface area contributed by atoms with Gasteiger partial charge in [-0.1, -0.05) is 36.8 Å². The highest BCUT2D eigenvalue weighted by Crippen LogP contribution is 2.20. The number of thioether (sulfide) groups is 1. The summed E-state index contributed by atoms with van der Waals surface area (Å²) in [4.78, 5) is 22.9. The SMILES string of the molecule is CCC(C)(CNC(=O)CSCc1cccc(C)c1)C(=O)O. The van der Waals surface area contributed by atoms with Crippen LogP contribution in [-0.4, -0.2) is 29.3 Å². The number of hydrogen-bond donors (Lipinski definition) is 2. The van der Waals surface area contributed by atoms with Crippen LogP contribution in [0.25, 0.3) is 0 Å². The first kappa shape index (κ1) is 17.6. The first-order valence-electron chi connectivity index (χ1n) is 7.01. The van der Waals surface area contributed by atoms with Gasteiger partial charge in [-0.2, -0.15) is 0 Å². The topological polar surface area (TPSA) is 66.4 Å². The maximum absolute atomic E-state index is 11.8. The van der Waals surface area contributed by atoms with E-state index in [1.165, 1.54) is 22.9 Å². The van der Waals surface area contributed by atoms with E-state index in [1.54, 1.807) is 6.92 Å². The highest BCUT2D eigenvalue weighted by Gasteiger charge is 2.31. The molecule has 116 valence electrons. The molecule has 1 amide bonds. The standard InChI is InChI=1S/C16H23NO3S/c1-4-16(3,15(19)20)11-17-14(18)10-21-9-13-7-5-6-12(2)8-13/h5-8H,4,9-11H2,1-3H3,(H,17,18)(H,19,20). The third-order valence-electron chi connectivity index (χ3n) is 3.56. The molecule has 0 aliphatic carbocycles. The number of benzene rings is 1. The van der Waals surface area contributed by atoms with Crippen LogP contribution >= 0.6 is 11.8 Å². The molecule has 0 saturated carbocycles. The molecule has 1 aromatic carbocycles. The summed E-state index contributed by atoms with van der Waals surface area (Å²) in [5, 5.41) is 11.9. The summed E-state index contributed by atoms with van der Waals surface area (Å²) in [5.74, 6) is 0.123. The Morgan fingerprint density at radius 3 is 2.67 bits per heavy atom. The number of hydrogen-bond acceptors (Lipinski definition) is 3. The maximum atomic E-state index is 11.8. The summed E-state index contributed by atoms with van der Waals surface area (Å²) in [6, 6.07) is 8.18. The summed E-state index contributed by atoms with van der Waals surface area (Å²) in [6.45, 7) is 5.67. The first-order valence-corrected chi connectivity index (χ1v) is 8.16. The van der Waals surface area contributed by atoms with Crippen molar-refractivity contribution in [2.45, 2.75) is 32.9 Å². The van der Waals surface area contributed by atoms with Gasteiger partial charge in [-0.15, -0.1) is 11.8 Å². The van der Waals surface area contributed by atoms with E-state index < -0.39 is 11.4 Å². The predicted molar refractivity (Wildman–Crippen MR) is 86.4 cm³/mol. The third kappa shape index (κ3) is 5.79. The zero-order valence-electron chi connectivity index (χ0n) is 12.8. The van der Waals surface area contributed by atoms with Gasteiger partial charge in [-0.05, 0) is 25.8 Å². The lowest BCUT2D eigenvalue weighted by Crippen LogP contribution is -2.41. The van der Waals surface area contributed by atoms with Gasteiger partial charge in [0.05, 0.1) is 11.2 Å². The van der Waals surface area contributed by atoms with Crippen LogP contribution in [0.4, 0.5) is 0 Å². The Bertz CT molecular complexity index is 504. The molecular formula is C16H23NO3S. The van der Waals surface area contributed by atoms with Crippen LogP contribution in [0.3, 0.4) is 0 Å². The molecule has 0 heterocycles. The number of rotatable bonds is 8. The fraction of sp³-hybridized carbons (Fsp3) is 0.500. The third-order valence-corrected chi connectivity index (χ3v) is 4.56. The predicted octanol–water partition coefficient (Wildman–Crippen LogP) is 2.85. The van der Waals surface area contributed by atoms with Gasteiger partial charge >= 0.3 is 5.97 Å². The molecule has 0 fully saturated rings. The van der Waals surface area contributed by atoms with Crippen LogP contribution in [0, 0.1) is 12.3 Å². The van der Waals surface area contributed by atoms with Crippen molar-refractivity contribution in [2.24, 2.45) is 5.41 Å². The zero-order chi connectivity index (χ0) is 15.9. The number of aliphatic carboxylic acids is 1. The second-order valence-electron chi connectivity index (χ2n) is 5.48. The molecule has 0 spiro atoms. The molecule has 5 heteroatoms. The fourth-order valence-corrected chi connectivity index (χ4v) is 2.56. The molecule has 1 rings (SSSR count). The van der Waals surface area contributed by atoms with Crippen molar-refractivity contribution in [3.8, 4) is 0 Å². The lowest BCUT2D eigenvalue weighted by atomic mass is 9.88. The van der Waals surface area contributed by atoms with Crippen molar-refractivity contribution in [2.75, 3.05) is 12.3 Å². The lowest BCUT2D eigenvalue weighted by molar-refractivity contribution is -0.148. The van der Waals surface area contributed by atoms with E-state index in [1.807, 2.05) is 32.0 Å². The number of carboxylic acids is 1. The Morgan fingerprint density at radius 2 is 2.10 bits per heavy atom. The molecule has 0 aliphatic rings. The van der Waals surface area contributed by atoms with Crippen LogP contribution in [0.2, 0.25) is 0 Å². The van der Waals surface area contributed by atoms with E-state index in [0.717, 1.165) is 5.75 Å². The monoisotopic (exact) mass is 309 g/mol. The van der Waals surface area contributed by atoms with Crippen molar-refractivity contribution in [1.82, 2.24) is 5.32 Å². The van der Waals surface area contributed by atoms with Crippen molar-refractivity contribution in [3.05, 3.63) is 35.4 Å². The summed E-state index contributed by atoms with van der Waals surface area (Å²) >= 11 is 1.53. The number of nitrogens with one attached hydrogen (secondary N) is 1. The van der Waals surface area contributed by atoms with Gasteiger partial charge in [0.25, 0.3) is 0 Å². The molecule has 21 heavy (non-hydrogen) atoms. The summed E-state index contributed by atoms with van der Waals surface area (Å²) in [7, 11) is 0. The smallest absolute Gasteiger partial charge is 0.311 e. The average molecular weight is 309 g/mol. The second kappa shape index (κ2) is 8.08. The first-order chi connectivity index (χ1) is 9.87. The molecule has 1 atom stereocenters. The van der Waals surface area contributed by atoms with Gasteiger partial charge in [0.2, 0.25) is 5.91 Å². The van der Waals surface area contributed by atoms with Crippen LogP contribution in [0.1, 0.15) is 31.4 Å². The Hall–Kier alpha value is -1.49. The Labute approximate surface area is 130 Å². The Kier molecular flexibility index (Phi) is 6.75. The number of carbonyl (C=O) groups is 2. The number of aryl methyl sites for hydroxylation is 1. The molecule has 1 aromatic rings. The summed E-state index contributed by atoms with van der Waals surface area (Å²) < 4.78 is 0. The number of carbonyl (C=O) groups excluding carboxylic acids is 1. The highest BCUT2D eigenvalue weighted by atomic mass is 32.2. The number of amides is 1. The molecule has 0 bridgehead atoms. The lowest BCUT2D eigenvalue weighted by Gasteiger charge is -2.23. The minimum absolute atomic E-state index is 0.117. The molecular weight excluding hydrogens is 286 g/mol. The molecule has 0 aromatic heterocycles. The van der Waals surface area contributed by atoms with E-state index in [0.29, 0.717) is 12.2 Å². The van der Waals surface area contributed by atoms with E-state index in [-0.39, 0.29) is 12.5 Å². The zero-order valence-corrected chi connectivity index (χ0v) is 13.6. The van der Waals surface area contributed by atoms with Crippen molar-refractivity contribution in [3.63, 3.8) is 0 Å². The van der Waals surface area contributed by atoms with Gasteiger partial charge in [-0.3, -0.25) is 9.59 Å². The van der Waals surface area contributed by atoms with E-state index in [4.69, 9.17) is 5.11 Å². The summed E-state index contributed by atoms with van der Waals surface area (Å²) in [5.41, 5.74) is 1.51. The van der Waals surface area contributed by atoms with Gasteiger partial charge in [0.1, 0.15) is 0 Å². The van der Waals surface area contributed by atoms with E-state index in [2.05, 4.69) is 11.4 Å². The van der Waals surface area contributed by atoms with E-state index in [9.17, 15) is 9.59 Å². The van der Waals surface area contributed by atoms with E-state index >= 15 is 0 Å². The van der Waals surface area contributed by atoms with Crippen molar-refractivity contribution >= 4 is 23.6 Å². The fourth-order valence-electron chi connectivity index (χ4n) is 1.76. The largest absolute Gasteiger partial charge is 0.481 e. The number of carboxylic acid groups (broad SMARTS) is 1. The average Bonchev–Trinajstić information content (AvgIpc) is 2.44. The van der Waals surface area contributed by atoms with Crippen LogP contribution in [-0.2, 0) is 15.3 Å². The Balaban J connectivity index is 2.33. The van der Waals surface area contributed by atoms with Gasteiger partial charge in [-0.25, -0.2) is 0 Å². The quantitative estimate of drug-likeness (QED) is 0.775. The molecule has 0 saturated heterocycles. The van der Waals surface area contributed by atoms with Crippen LogP contribution < -0.4 is 5.32 Å². The maximum Gasteiger partial charge on any atom is 0.311 e. The summed E-state index contributed by atoms with van der Waals surface area (Å²) in [6.07, 6.45) is 0.485. The Morgan fingerprint density at radius 1 is 1.38 bits per heavy atom.